The van der Waals surface area contributed by atoms with E-state index in [-0.39, 0.29) is 58.2 Å². The van der Waals surface area contributed by atoms with Gasteiger partial charge >= 0.3 is 37.9 Å². The van der Waals surface area contributed by atoms with Gasteiger partial charge in [-0.15, -0.1) is 0 Å². The van der Waals surface area contributed by atoms with Crippen LogP contribution in [-0.2, 0) is 58.1 Å². The molecule has 6 aliphatic rings. The molecule has 0 aromatic heterocycles. The van der Waals surface area contributed by atoms with E-state index in [4.69, 9.17) is 26.5 Å². The molecule has 6 aliphatic carbocycles. The van der Waals surface area contributed by atoms with Crippen molar-refractivity contribution >= 4 is 56.5 Å². The molecule has 0 N–H and O–H groups in total. The number of methoxy groups -OCH3 is 2. The normalized spacial score (nSPS) is 22.7. The van der Waals surface area contributed by atoms with E-state index >= 15 is 0 Å². The van der Waals surface area contributed by atoms with E-state index in [1.54, 1.807) is 22.3 Å². The second kappa shape index (κ2) is 33.5. The molecule has 2 nitrogen and oxygen atoms in total. The van der Waals surface area contributed by atoms with Crippen LogP contribution in [0.3, 0.4) is 0 Å². The van der Waals surface area contributed by atoms with Gasteiger partial charge in [-0.05, 0) is 236 Å². The van der Waals surface area contributed by atoms with Crippen molar-refractivity contribution in [1.82, 2.24) is 0 Å². The number of benzene rings is 6. The molecule has 0 bridgehead atoms. The standard InChI is InChI=1S/C52H76OSi.C52H68OSi.2CH3.2ClH.Zr/c2*1-31-27-38-40(29-42(51(10,11)12)33(3)44(38)34-19-23-36(24-20-34)49(4,5)6)47(31)54(17,18)48-32(2)28-39-41(48)30-43(52(13,14)15)46(53-16)45(39)35-21-25-37(26-22-35)50(7,8)9;;;;;/h19-26,29-32,38-41,47-48H,27-28H2,1-18H3;19-30,47-48H,1-18H3;2*1H3;2*1H;/q;;2*-1;;;+4/p-2. The maximum atomic E-state index is 6.49. The van der Waals surface area contributed by atoms with Gasteiger partial charge in [0.05, 0.1) is 30.4 Å². The number of allylic oxidation sites excluding steroid dienone is 9. The average molecular weight is 1670 g/mol. The van der Waals surface area contributed by atoms with Gasteiger partial charge in [-0.3, -0.25) is 0 Å². The van der Waals surface area contributed by atoms with Crippen LogP contribution in [0.2, 0.25) is 37.3 Å². The van der Waals surface area contributed by atoms with Crippen LogP contribution >= 0.6 is 17.0 Å². The molecule has 12 rings (SSSR count). The summed E-state index contributed by atoms with van der Waals surface area (Å²) in [6, 6.07) is 43.2. The number of hydrogen-bond donors (Lipinski definition) is 0. The Balaban J connectivity index is 0.000000269. The molecule has 113 heavy (non-hydrogen) atoms. The molecule has 0 aliphatic heterocycles. The Kier molecular flexibility index (Phi) is 27.8. The Hall–Kier alpha value is -4.74. The van der Waals surface area contributed by atoms with E-state index in [1.807, 2.05) is 14.2 Å². The van der Waals surface area contributed by atoms with E-state index in [0.717, 1.165) is 17.0 Å². The first-order valence-corrected chi connectivity index (χ1v) is 54.8. The quantitative estimate of drug-likeness (QED) is 0.101. The van der Waals surface area contributed by atoms with Crippen molar-refractivity contribution in [3.05, 3.63) is 242 Å². The molecular formula is C106H150Cl2O2Si2Zr. The van der Waals surface area contributed by atoms with Crippen LogP contribution in [0.4, 0.5) is 0 Å². The zero-order valence-electron chi connectivity index (χ0n) is 78.0. The van der Waals surface area contributed by atoms with Crippen molar-refractivity contribution in [1.29, 1.82) is 0 Å². The molecule has 0 spiro atoms. The van der Waals surface area contributed by atoms with Crippen molar-refractivity contribution in [3.8, 4) is 28.0 Å². The molecule has 10 atom stereocenters. The van der Waals surface area contributed by atoms with Crippen molar-refractivity contribution in [2.24, 2.45) is 46.3 Å². The summed E-state index contributed by atoms with van der Waals surface area (Å²) < 4.78 is 12.9. The Bertz CT molecular complexity index is 4640. The molecule has 2 saturated carbocycles. The number of ether oxygens (including phenoxy) is 2. The predicted octanol–water partition coefficient (Wildman–Crippen LogP) is 32.4. The zero-order valence-corrected chi connectivity index (χ0v) is 83.9. The van der Waals surface area contributed by atoms with Gasteiger partial charge in [0.25, 0.3) is 0 Å². The Labute approximate surface area is 713 Å². The van der Waals surface area contributed by atoms with Gasteiger partial charge in [0, 0.05) is 27.8 Å². The van der Waals surface area contributed by atoms with E-state index in [1.165, 1.54) is 124 Å². The first kappa shape index (κ1) is 93.8. The summed E-state index contributed by atoms with van der Waals surface area (Å²) in [5, 5.41) is 0. The third kappa shape index (κ3) is 18.2. The van der Waals surface area contributed by atoms with Crippen molar-refractivity contribution in [2.75, 3.05) is 14.2 Å². The maximum absolute atomic E-state index is 6.49. The molecule has 6 aromatic rings. The van der Waals surface area contributed by atoms with Gasteiger partial charge < -0.3 is 24.3 Å². The fraction of sp³-hybridized carbons (Fsp3) is 0.528. The van der Waals surface area contributed by atoms with Gasteiger partial charge in [0.1, 0.15) is 11.5 Å². The van der Waals surface area contributed by atoms with E-state index < -0.39 is 37.0 Å². The number of fused-ring (bicyclic) bond motifs is 4. The van der Waals surface area contributed by atoms with Gasteiger partial charge in [-0.2, -0.15) is 0 Å². The molecular weight excluding hydrogens is 1520 g/mol. The molecule has 10 unspecified atom stereocenters. The molecule has 612 valence electrons. The fourth-order valence-electron chi connectivity index (χ4n) is 22.5. The van der Waals surface area contributed by atoms with Crippen LogP contribution in [-0.4, -0.2) is 30.4 Å². The van der Waals surface area contributed by atoms with Crippen LogP contribution < -0.4 is 4.74 Å². The van der Waals surface area contributed by atoms with Crippen molar-refractivity contribution in [3.63, 3.8) is 0 Å². The molecule has 0 radical (unpaired) electrons. The monoisotopic (exact) mass is 1670 g/mol. The molecule has 0 amide bonds. The van der Waals surface area contributed by atoms with E-state index in [0.29, 0.717) is 52.1 Å². The predicted molar refractivity (Wildman–Crippen MR) is 503 cm³/mol. The summed E-state index contributed by atoms with van der Waals surface area (Å²) >= 11 is -0.826. The van der Waals surface area contributed by atoms with Gasteiger partial charge in [-0.1, -0.05) is 351 Å². The summed E-state index contributed by atoms with van der Waals surface area (Å²) in [4.78, 5) is 0. The minimum absolute atomic E-state index is 0. The number of hydrogen-bond acceptors (Lipinski definition) is 2. The summed E-state index contributed by atoms with van der Waals surface area (Å²) in [6.45, 7) is 82.3. The summed E-state index contributed by atoms with van der Waals surface area (Å²) in [5.74, 6) is 5.72. The second-order valence-corrected chi connectivity index (χ2v) is 57.9. The van der Waals surface area contributed by atoms with Crippen LogP contribution in [0.25, 0.3) is 45.6 Å². The first-order chi connectivity index (χ1) is 51.0. The van der Waals surface area contributed by atoms with Crippen LogP contribution in [0.5, 0.6) is 5.75 Å². The average Bonchev–Trinajstić information content (AvgIpc) is 1.59. The van der Waals surface area contributed by atoms with Crippen LogP contribution in [0.1, 0.15) is 297 Å². The van der Waals surface area contributed by atoms with E-state index in [9.17, 15) is 0 Å². The van der Waals surface area contributed by atoms with E-state index in [2.05, 4.69) is 367 Å². The second-order valence-electron chi connectivity index (χ2n) is 44.4. The van der Waals surface area contributed by atoms with Gasteiger partial charge in [-0.25, -0.2) is 0 Å². The zero-order chi connectivity index (χ0) is 82.9. The SMILES string of the molecule is COC1=C(c2ccc(C(C)(C)C)cc2)C2CC(C)C([Si](C)(C)C3C(C)CC4C(c5ccc(C(C)(C)C)cc5)=C(C)C(C(C)(C)C)=CC43)C2C=C1C(C)(C)C.COc1c(C(C)(C)C)cc2c(c1-c1ccc(C(C)(C)C)cc1)C=C(C)C2[Si](C)(C)C1C(C)=Cc2c1cc(C(C)(C)C)c(C)c2-c1ccc(C(C)(C)C)cc1.[CH3-].[CH3-].[Cl][Zr+2][Cl]. The summed E-state index contributed by atoms with van der Waals surface area (Å²) in [7, 11) is 9.56. The van der Waals surface area contributed by atoms with Gasteiger partial charge in [0.15, 0.2) is 0 Å². The van der Waals surface area contributed by atoms with Crippen LogP contribution in [0.15, 0.2) is 155 Å². The summed E-state index contributed by atoms with van der Waals surface area (Å²) in [5.41, 5.74) is 37.0. The van der Waals surface area contributed by atoms with Crippen molar-refractivity contribution in [2.45, 2.75) is 301 Å². The number of rotatable bonds is 10. The van der Waals surface area contributed by atoms with Crippen LogP contribution in [0, 0.1) is 68.1 Å². The molecule has 7 heteroatoms. The third-order valence-electron chi connectivity index (χ3n) is 27.3. The van der Waals surface area contributed by atoms with Gasteiger partial charge in [0.2, 0.25) is 0 Å². The molecule has 6 aromatic carbocycles. The Morgan fingerprint density at radius 2 is 0.708 bits per heavy atom. The fourth-order valence-corrected chi connectivity index (χ4v) is 33.7. The summed E-state index contributed by atoms with van der Waals surface area (Å²) in [6.07, 6.45) is 13.2. The first-order valence-electron chi connectivity index (χ1n) is 42.1. The topological polar surface area (TPSA) is 18.5 Å². The Morgan fingerprint density at radius 3 is 1.04 bits per heavy atom. The third-order valence-corrected chi connectivity index (χ3v) is 37.2. The Morgan fingerprint density at radius 1 is 0.389 bits per heavy atom. The number of halogens is 2. The molecule has 2 fully saturated rings. The molecule has 0 heterocycles. The minimum atomic E-state index is -2.17. The van der Waals surface area contributed by atoms with Crippen molar-refractivity contribution < 1.29 is 30.3 Å². The molecule has 0 saturated heterocycles.